The summed E-state index contributed by atoms with van der Waals surface area (Å²) in [5.74, 6) is 0.184. The Morgan fingerprint density at radius 2 is 2.24 bits per heavy atom. The normalized spacial score (nSPS) is 21.8. The number of nitrogens with one attached hydrogen (secondary N) is 1. The van der Waals surface area contributed by atoms with Crippen molar-refractivity contribution in [2.24, 2.45) is 5.92 Å². The van der Waals surface area contributed by atoms with Crippen molar-refractivity contribution < 1.29 is 18.8 Å². The lowest BCUT2D eigenvalue weighted by atomic mass is 9.96. The molecule has 1 aliphatic rings. The van der Waals surface area contributed by atoms with Crippen LogP contribution in [0.15, 0.2) is 28.8 Å². The van der Waals surface area contributed by atoms with Gasteiger partial charge in [0.15, 0.2) is 5.82 Å². The van der Waals surface area contributed by atoms with Crippen molar-refractivity contribution in [3.05, 3.63) is 47.4 Å². The van der Waals surface area contributed by atoms with Gasteiger partial charge in [0.2, 0.25) is 5.89 Å². The maximum atomic E-state index is 14.2. The maximum Gasteiger partial charge on any atom is 0.318 e. The van der Waals surface area contributed by atoms with E-state index in [-0.39, 0.29) is 23.9 Å². The van der Waals surface area contributed by atoms with Crippen LogP contribution in [-0.2, 0) is 0 Å². The van der Waals surface area contributed by atoms with Gasteiger partial charge in [-0.15, -0.1) is 0 Å². The molecule has 1 fully saturated rings. The summed E-state index contributed by atoms with van der Waals surface area (Å²) in [6.45, 7) is 4.34. The van der Waals surface area contributed by atoms with Crippen molar-refractivity contribution in [2.75, 3.05) is 13.1 Å². The summed E-state index contributed by atoms with van der Waals surface area (Å²) in [6, 6.07) is 4.86. The van der Waals surface area contributed by atoms with Crippen LogP contribution < -0.4 is 5.32 Å². The van der Waals surface area contributed by atoms with Gasteiger partial charge >= 0.3 is 6.03 Å². The van der Waals surface area contributed by atoms with E-state index in [1.54, 1.807) is 25.1 Å². The van der Waals surface area contributed by atoms with Gasteiger partial charge in [0.25, 0.3) is 0 Å². The van der Waals surface area contributed by atoms with Crippen molar-refractivity contribution >= 4 is 6.03 Å². The Balaban J connectivity index is 1.83. The Bertz CT molecular complexity index is 751. The first-order valence-electron chi connectivity index (χ1n) is 8.24. The number of β-amino-alcohol motifs (C(OH)–C–C–N with tert-alkyl or cyclic N) is 1. The standard InChI is InChI=1S/C17H21FN4O3/c1-10-7-8-22(9-14(10)23)17(24)20-15(16-19-11(2)25-21-16)12-5-3-4-6-13(12)18/h3-6,10,14-15,23H,7-9H2,1-2H3,(H,20,24)/t10-,14-,15-/m1/s1. The lowest BCUT2D eigenvalue weighted by Crippen LogP contribution is -2.50. The first kappa shape index (κ1) is 17.3. The number of halogens is 1. The monoisotopic (exact) mass is 348 g/mol. The van der Waals surface area contributed by atoms with E-state index in [9.17, 15) is 14.3 Å². The van der Waals surface area contributed by atoms with Crippen molar-refractivity contribution in [3.8, 4) is 0 Å². The van der Waals surface area contributed by atoms with Gasteiger partial charge in [-0.05, 0) is 18.4 Å². The van der Waals surface area contributed by atoms with Crippen LogP contribution in [0.25, 0.3) is 0 Å². The van der Waals surface area contributed by atoms with Gasteiger partial charge in [-0.25, -0.2) is 9.18 Å². The molecule has 2 aromatic rings. The third-order valence-electron chi connectivity index (χ3n) is 4.49. The average Bonchev–Trinajstić information content (AvgIpc) is 3.02. The predicted octanol–water partition coefficient (Wildman–Crippen LogP) is 2.02. The molecule has 25 heavy (non-hydrogen) atoms. The number of urea groups is 1. The molecule has 8 heteroatoms. The summed E-state index contributed by atoms with van der Waals surface area (Å²) >= 11 is 0. The quantitative estimate of drug-likeness (QED) is 0.885. The molecule has 2 N–H and O–H groups in total. The zero-order valence-electron chi connectivity index (χ0n) is 14.1. The molecule has 3 rings (SSSR count). The number of hydrogen-bond acceptors (Lipinski definition) is 5. The molecule has 1 aromatic carbocycles. The zero-order chi connectivity index (χ0) is 18.0. The third kappa shape index (κ3) is 3.79. The van der Waals surface area contributed by atoms with E-state index in [1.165, 1.54) is 11.0 Å². The molecule has 0 aliphatic carbocycles. The van der Waals surface area contributed by atoms with Crippen LogP contribution in [0.1, 0.15) is 36.7 Å². The summed E-state index contributed by atoms with van der Waals surface area (Å²) < 4.78 is 19.2. The Morgan fingerprint density at radius 1 is 1.48 bits per heavy atom. The number of benzene rings is 1. The molecule has 2 amide bonds. The topological polar surface area (TPSA) is 91.5 Å². The highest BCUT2D eigenvalue weighted by atomic mass is 19.1. The molecule has 7 nitrogen and oxygen atoms in total. The smallest absolute Gasteiger partial charge is 0.318 e. The van der Waals surface area contributed by atoms with E-state index in [1.807, 2.05) is 6.92 Å². The number of aromatic nitrogens is 2. The molecule has 0 saturated carbocycles. The largest absolute Gasteiger partial charge is 0.391 e. The summed E-state index contributed by atoms with van der Waals surface area (Å²) in [5, 5.41) is 16.6. The summed E-state index contributed by atoms with van der Waals surface area (Å²) in [6.07, 6.45) is 0.138. The summed E-state index contributed by atoms with van der Waals surface area (Å²) in [4.78, 5) is 18.3. The highest BCUT2D eigenvalue weighted by Crippen LogP contribution is 2.24. The number of hydrogen-bond donors (Lipinski definition) is 2. The second-order valence-electron chi connectivity index (χ2n) is 6.35. The molecule has 0 spiro atoms. The molecule has 1 aliphatic heterocycles. The highest BCUT2D eigenvalue weighted by molar-refractivity contribution is 5.75. The van der Waals surface area contributed by atoms with Crippen LogP contribution in [-0.4, -0.2) is 45.4 Å². The zero-order valence-corrected chi connectivity index (χ0v) is 14.1. The highest BCUT2D eigenvalue weighted by Gasteiger charge is 2.31. The molecule has 1 aromatic heterocycles. The Kier molecular flexibility index (Phi) is 4.98. The van der Waals surface area contributed by atoms with E-state index >= 15 is 0 Å². The molecule has 1 saturated heterocycles. The van der Waals surface area contributed by atoms with Crippen LogP contribution in [0.5, 0.6) is 0 Å². The fourth-order valence-corrected chi connectivity index (χ4v) is 2.87. The van der Waals surface area contributed by atoms with Crippen molar-refractivity contribution in [1.29, 1.82) is 0 Å². The maximum absolute atomic E-state index is 14.2. The first-order chi connectivity index (χ1) is 12.0. The van der Waals surface area contributed by atoms with Gasteiger partial charge in [0.1, 0.15) is 11.9 Å². The summed E-state index contributed by atoms with van der Waals surface area (Å²) in [7, 11) is 0. The van der Waals surface area contributed by atoms with E-state index in [4.69, 9.17) is 4.52 Å². The van der Waals surface area contributed by atoms with Crippen molar-refractivity contribution in [3.63, 3.8) is 0 Å². The first-order valence-corrected chi connectivity index (χ1v) is 8.24. The second kappa shape index (κ2) is 7.18. The number of piperidine rings is 1. The minimum Gasteiger partial charge on any atom is -0.391 e. The van der Waals surface area contributed by atoms with Gasteiger partial charge in [0.05, 0.1) is 6.10 Å². The number of aryl methyl sites for hydroxylation is 1. The van der Waals surface area contributed by atoms with E-state index < -0.39 is 24.0 Å². The second-order valence-corrected chi connectivity index (χ2v) is 6.35. The molecule has 3 atom stereocenters. The number of carbonyl (C=O) groups excluding carboxylic acids is 1. The van der Waals surface area contributed by atoms with Crippen molar-refractivity contribution in [2.45, 2.75) is 32.4 Å². The van der Waals surface area contributed by atoms with Gasteiger partial charge < -0.3 is 19.8 Å². The van der Waals surface area contributed by atoms with E-state index in [2.05, 4.69) is 15.5 Å². The SMILES string of the molecule is Cc1nc([C@H](NC(=O)N2CC[C@@H](C)[C@H](O)C2)c2ccccc2F)no1. The fourth-order valence-electron chi connectivity index (χ4n) is 2.87. The van der Waals surface area contributed by atoms with E-state index in [0.717, 1.165) is 0 Å². The number of aliphatic hydroxyl groups is 1. The van der Waals surface area contributed by atoms with Gasteiger partial charge in [-0.3, -0.25) is 0 Å². The number of rotatable bonds is 3. The molecular formula is C17H21FN4O3. The number of amides is 2. The van der Waals surface area contributed by atoms with Crippen LogP contribution in [0.2, 0.25) is 0 Å². The molecule has 2 heterocycles. The van der Waals surface area contributed by atoms with Gasteiger partial charge in [-0.1, -0.05) is 30.3 Å². The molecule has 134 valence electrons. The average molecular weight is 348 g/mol. The molecule has 0 radical (unpaired) electrons. The van der Waals surface area contributed by atoms with Crippen LogP contribution >= 0.6 is 0 Å². The number of nitrogens with zero attached hydrogens (tertiary/aromatic N) is 3. The van der Waals surface area contributed by atoms with Crippen LogP contribution in [0.4, 0.5) is 9.18 Å². The third-order valence-corrected chi connectivity index (χ3v) is 4.49. The predicted molar refractivity (Wildman–Crippen MR) is 87.2 cm³/mol. The number of carbonyl (C=O) groups is 1. The number of likely N-dealkylation sites (tertiary alicyclic amines) is 1. The minimum atomic E-state index is -0.873. The van der Waals surface area contributed by atoms with Crippen molar-refractivity contribution in [1.82, 2.24) is 20.4 Å². The molecular weight excluding hydrogens is 327 g/mol. The Hall–Kier alpha value is -2.48. The van der Waals surface area contributed by atoms with Crippen LogP contribution in [0.3, 0.4) is 0 Å². The fraction of sp³-hybridized carbons (Fsp3) is 0.471. The van der Waals surface area contributed by atoms with E-state index in [0.29, 0.717) is 18.9 Å². The van der Waals surface area contributed by atoms with Gasteiger partial charge in [0, 0.05) is 25.6 Å². The molecule has 0 unspecified atom stereocenters. The minimum absolute atomic E-state index is 0.145. The lowest BCUT2D eigenvalue weighted by molar-refractivity contribution is 0.0431. The summed E-state index contributed by atoms with van der Waals surface area (Å²) in [5.41, 5.74) is 0.252. The van der Waals surface area contributed by atoms with Crippen LogP contribution in [0, 0.1) is 18.7 Å². The Labute approximate surface area is 144 Å². The lowest BCUT2D eigenvalue weighted by Gasteiger charge is -2.35. The number of aliphatic hydroxyl groups excluding tert-OH is 1. The molecule has 0 bridgehead atoms. The Morgan fingerprint density at radius 3 is 2.88 bits per heavy atom. The van der Waals surface area contributed by atoms with Gasteiger partial charge in [-0.2, -0.15) is 4.98 Å².